The monoisotopic (exact) mass is 294 g/mol. The van der Waals surface area contributed by atoms with Gasteiger partial charge in [0.05, 0.1) is 11.5 Å². The van der Waals surface area contributed by atoms with Gasteiger partial charge in [0.1, 0.15) is 6.61 Å². The summed E-state index contributed by atoms with van der Waals surface area (Å²) in [6.07, 6.45) is 0.184. The number of hydrogen-bond acceptors (Lipinski definition) is 4. The van der Waals surface area contributed by atoms with E-state index in [1.807, 2.05) is 25.1 Å². The fourth-order valence-corrected chi connectivity index (χ4v) is 2.23. The number of nitrogens with two attached hydrogens (primary N) is 1. The maximum absolute atomic E-state index is 12.4. The largest absolute Gasteiger partial charge is 0.485 e. The molecule has 1 atom stereocenters. The summed E-state index contributed by atoms with van der Waals surface area (Å²) < 4.78 is 11.3. The van der Waals surface area contributed by atoms with Crippen LogP contribution in [0, 0.1) is 0 Å². The van der Waals surface area contributed by atoms with E-state index in [-0.39, 0.29) is 19.1 Å². The minimum Gasteiger partial charge on any atom is -0.485 e. The maximum atomic E-state index is 12.4. The summed E-state index contributed by atoms with van der Waals surface area (Å²) in [5.74, 6) is 1.10. The van der Waals surface area contributed by atoms with Gasteiger partial charge in [0, 0.05) is 6.54 Å². The van der Waals surface area contributed by atoms with Crippen LogP contribution in [0.15, 0.2) is 24.3 Å². The van der Waals surface area contributed by atoms with Gasteiger partial charge < -0.3 is 20.1 Å². The van der Waals surface area contributed by atoms with Gasteiger partial charge in [-0.05, 0) is 18.6 Å². The number of rotatable bonds is 5. The average molecular weight is 294 g/mol. The Balaban J connectivity index is 2.07. The van der Waals surface area contributed by atoms with Crippen LogP contribution in [0.4, 0.5) is 0 Å². The van der Waals surface area contributed by atoms with E-state index in [0.29, 0.717) is 23.0 Å². The highest BCUT2D eigenvalue weighted by atomic mass is 32.1. The number of benzene rings is 1. The molecule has 20 heavy (non-hydrogen) atoms. The molecular weight excluding hydrogens is 276 g/mol. The molecule has 5 nitrogen and oxygen atoms in total. The highest BCUT2D eigenvalue weighted by molar-refractivity contribution is 7.80. The second kappa shape index (κ2) is 6.56. The molecule has 0 saturated carbocycles. The second-order valence-corrected chi connectivity index (χ2v) is 5.11. The van der Waals surface area contributed by atoms with E-state index in [0.717, 1.165) is 6.42 Å². The summed E-state index contributed by atoms with van der Waals surface area (Å²) in [6.45, 7) is 3.06. The van der Waals surface area contributed by atoms with Gasteiger partial charge in [-0.1, -0.05) is 31.3 Å². The minimum atomic E-state index is -0.647. The van der Waals surface area contributed by atoms with Gasteiger partial charge >= 0.3 is 0 Å². The molecule has 0 fully saturated rings. The van der Waals surface area contributed by atoms with Gasteiger partial charge in [0.2, 0.25) is 6.10 Å². The Labute approximate surface area is 123 Å². The molecule has 0 bridgehead atoms. The predicted molar refractivity (Wildman–Crippen MR) is 80.0 cm³/mol. The Hall–Kier alpha value is -1.82. The third-order valence-electron chi connectivity index (χ3n) is 2.94. The summed E-state index contributed by atoms with van der Waals surface area (Å²) in [5, 5.41) is 0. The maximum Gasteiger partial charge on any atom is 0.267 e. The Morgan fingerprint density at radius 3 is 2.80 bits per heavy atom. The number of thiocarbonyl (C=S) groups is 1. The van der Waals surface area contributed by atoms with Gasteiger partial charge in [-0.15, -0.1) is 0 Å². The predicted octanol–water partition coefficient (Wildman–Crippen LogP) is 1.35. The van der Waals surface area contributed by atoms with E-state index in [9.17, 15) is 4.79 Å². The Morgan fingerprint density at radius 1 is 1.45 bits per heavy atom. The smallest absolute Gasteiger partial charge is 0.267 e. The summed E-state index contributed by atoms with van der Waals surface area (Å²) in [4.78, 5) is 14.3. The first-order chi connectivity index (χ1) is 9.61. The van der Waals surface area contributed by atoms with Crippen LogP contribution in [0.25, 0.3) is 0 Å². The number of amides is 1. The normalized spacial score (nSPS) is 16.6. The van der Waals surface area contributed by atoms with Crippen LogP contribution < -0.4 is 15.2 Å². The van der Waals surface area contributed by atoms with Crippen molar-refractivity contribution in [3.8, 4) is 11.5 Å². The van der Waals surface area contributed by atoms with Gasteiger partial charge in [-0.3, -0.25) is 4.79 Å². The zero-order valence-electron chi connectivity index (χ0n) is 11.4. The lowest BCUT2D eigenvalue weighted by atomic mass is 10.2. The Morgan fingerprint density at radius 2 is 2.15 bits per heavy atom. The topological polar surface area (TPSA) is 64.8 Å². The van der Waals surface area contributed by atoms with Gasteiger partial charge in [0.15, 0.2) is 11.5 Å². The van der Waals surface area contributed by atoms with E-state index in [1.165, 1.54) is 0 Å². The van der Waals surface area contributed by atoms with E-state index in [1.54, 1.807) is 11.0 Å². The highest BCUT2D eigenvalue weighted by Gasteiger charge is 2.30. The van der Waals surface area contributed by atoms with Crippen LogP contribution in [0.5, 0.6) is 11.5 Å². The highest BCUT2D eigenvalue weighted by Crippen LogP contribution is 2.31. The molecule has 1 aromatic carbocycles. The molecule has 1 aromatic rings. The number of para-hydroxylation sites is 2. The molecule has 0 spiro atoms. The Kier molecular flexibility index (Phi) is 4.79. The summed E-state index contributed by atoms with van der Waals surface area (Å²) >= 11 is 4.88. The van der Waals surface area contributed by atoms with Crippen molar-refractivity contribution in [3.63, 3.8) is 0 Å². The van der Waals surface area contributed by atoms with Crippen molar-refractivity contribution in [2.45, 2.75) is 19.4 Å². The summed E-state index contributed by atoms with van der Waals surface area (Å²) in [6, 6.07) is 7.30. The molecule has 1 amide bonds. The second-order valence-electron chi connectivity index (χ2n) is 4.59. The first-order valence-electron chi connectivity index (χ1n) is 6.57. The quantitative estimate of drug-likeness (QED) is 0.831. The number of carbonyl (C=O) groups is 1. The molecule has 1 aliphatic heterocycles. The van der Waals surface area contributed by atoms with Crippen molar-refractivity contribution >= 4 is 23.1 Å². The summed E-state index contributed by atoms with van der Waals surface area (Å²) in [7, 11) is 0. The minimum absolute atomic E-state index is 0.144. The molecule has 0 radical (unpaired) electrons. The van der Waals surface area contributed by atoms with Crippen molar-refractivity contribution in [1.29, 1.82) is 0 Å². The lowest BCUT2D eigenvalue weighted by molar-refractivity contribution is -0.140. The molecular formula is C14H18N2O3S. The molecule has 0 saturated heterocycles. The molecule has 1 unspecified atom stereocenters. The molecule has 6 heteroatoms. The molecule has 0 aromatic heterocycles. The van der Waals surface area contributed by atoms with Crippen molar-refractivity contribution in [3.05, 3.63) is 24.3 Å². The van der Waals surface area contributed by atoms with Crippen molar-refractivity contribution in [1.82, 2.24) is 4.90 Å². The van der Waals surface area contributed by atoms with Gasteiger partial charge in [-0.25, -0.2) is 0 Å². The third kappa shape index (κ3) is 3.39. The Bertz CT molecular complexity index is 507. The standard InChI is InChI=1S/C14H18N2O3S/c1-2-7-16(8-13(15)20)14(17)12-9-18-10-5-3-4-6-11(10)19-12/h3-6,12H,2,7-9H2,1H3,(H2,15,20). The number of hydrogen-bond donors (Lipinski definition) is 1. The average Bonchev–Trinajstić information content (AvgIpc) is 2.45. The van der Waals surface area contributed by atoms with Gasteiger partial charge in [-0.2, -0.15) is 0 Å². The van der Waals surface area contributed by atoms with Crippen LogP contribution in [-0.2, 0) is 4.79 Å². The zero-order valence-corrected chi connectivity index (χ0v) is 12.2. The number of ether oxygens (including phenoxy) is 2. The fourth-order valence-electron chi connectivity index (χ4n) is 2.07. The number of carbonyl (C=O) groups excluding carboxylic acids is 1. The third-order valence-corrected chi connectivity index (χ3v) is 3.07. The van der Waals surface area contributed by atoms with Crippen LogP contribution in [-0.4, -0.2) is 41.6 Å². The number of fused-ring (bicyclic) bond motifs is 1. The van der Waals surface area contributed by atoms with Crippen molar-refractivity contribution in [2.24, 2.45) is 5.73 Å². The molecule has 1 aliphatic rings. The lowest BCUT2D eigenvalue weighted by Crippen LogP contribution is -2.48. The van der Waals surface area contributed by atoms with Crippen LogP contribution in [0.1, 0.15) is 13.3 Å². The SMILES string of the molecule is CCCN(CC(N)=S)C(=O)C1COc2ccccc2O1. The van der Waals surface area contributed by atoms with E-state index >= 15 is 0 Å². The van der Waals surface area contributed by atoms with E-state index in [2.05, 4.69) is 0 Å². The lowest BCUT2D eigenvalue weighted by Gasteiger charge is -2.30. The zero-order chi connectivity index (χ0) is 14.5. The molecule has 2 N–H and O–H groups in total. The van der Waals surface area contributed by atoms with Crippen LogP contribution in [0.3, 0.4) is 0 Å². The first-order valence-corrected chi connectivity index (χ1v) is 6.98. The van der Waals surface area contributed by atoms with Gasteiger partial charge in [0.25, 0.3) is 5.91 Å². The number of nitrogens with zero attached hydrogens (tertiary/aromatic N) is 1. The van der Waals surface area contributed by atoms with Crippen molar-refractivity contribution in [2.75, 3.05) is 19.7 Å². The molecule has 0 aliphatic carbocycles. The molecule has 2 rings (SSSR count). The van der Waals surface area contributed by atoms with Crippen LogP contribution >= 0.6 is 12.2 Å². The van der Waals surface area contributed by atoms with Crippen LogP contribution in [0.2, 0.25) is 0 Å². The van der Waals surface area contributed by atoms with E-state index in [4.69, 9.17) is 27.4 Å². The van der Waals surface area contributed by atoms with Crippen molar-refractivity contribution < 1.29 is 14.3 Å². The first kappa shape index (κ1) is 14.6. The van der Waals surface area contributed by atoms with E-state index < -0.39 is 6.10 Å². The molecule has 1 heterocycles. The summed E-state index contributed by atoms with van der Waals surface area (Å²) in [5.41, 5.74) is 5.53. The molecule has 108 valence electrons. The fraction of sp³-hybridized carbons (Fsp3) is 0.429.